The lowest BCUT2D eigenvalue weighted by Gasteiger charge is -2.37. The molecule has 0 amide bonds. The van der Waals surface area contributed by atoms with Crippen molar-refractivity contribution in [2.24, 2.45) is 0 Å². The summed E-state index contributed by atoms with van der Waals surface area (Å²) >= 11 is 3.25. The smallest absolute Gasteiger partial charge is 0.137 e. The van der Waals surface area contributed by atoms with Gasteiger partial charge in [0.15, 0.2) is 0 Å². The Hall–Kier alpha value is -0.450. The molecular formula is C15H22BrFN2. The second-order valence-electron chi connectivity index (χ2n) is 5.32. The summed E-state index contributed by atoms with van der Waals surface area (Å²) in [5.41, 5.74) is 1.17. The van der Waals surface area contributed by atoms with Crippen LogP contribution in [0.15, 0.2) is 22.7 Å². The van der Waals surface area contributed by atoms with Gasteiger partial charge < -0.3 is 0 Å². The van der Waals surface area contributed by atoms with Crippen molar-refractivity contribution in [3.63, 3.8) is 0 Å². The van der Waals surface area contributed by atoms with E-state index in [2.05, 4.69) is 39.6 Å². The summed E-state index contributed by atoms with van der Waals surface area (Å²) in [6, 6.07) is 5.98. The maximum Gasteiger partial charge on any atom is 0.137 e. The first-order valence-corrected chi connectivity index (χ1v) is 7.79. The lowest BCUT2D eigenvalue weighted by molar-refractivity contribution is 0.0963. The van der Waals surface area contributed by atoms with Crippen LogP contribution in [0.25, 0.3) is 0 Å². The van der Waals surface area contributed by atoms with Gasteiger partial charge in [0.05, 0.1) is 4.47 Å². The lowest BCUT2D eigenvalue weighted by atomic mass is 10.1. The number of piperazine rings is 1. The van der Waals surface area contributed by atoms with Crippen molar-refractivity contribution >= 4 is 15.9 Å². The van der Waals surface area contributed by atoms with Gasteiger partial charge in [0.2, 0.25) is 0 Å². The normalized spacial score (nSPS) is 19.6. The highest BCUT2D eigenvalue weighted by Gasteiger charge is 2.20. The van der Waals surface area contributed by atoms with E-state index in [1.807, 2.05) is 12.1 Å². The molecule has 0 N–H and O–H groups in total. The molecule has 1 aliphatic rings. The first-order chi connectivity index (χ1) is 9.10. The van der Waals surface area contributed by atoms with Gasteiger partial charge in [-0.3, -0.25) is 9.80 Å². The number of benzene rings is 1. The van der Waals surface area contributed by atoms with Gasteiger partial charge in [-0.25, -0.2) is 4.39 Å². The minimum Gasteiger partial charge on any atom is -0.298 e. The predicted molar refractivity (Wildman–Crippen MR) is 80.7 cm³/mol. The third-order valence-corrected chi connectivity index (χ3v) is 4.62. The molecule has 1 fully saturated rings. The van der Waals surface area contributed by atoms with Crippen LogP contribution in [0.2, 0.25) is 0 Å². The van der Waals surface area contributed by atoms with Gasteiger partial charge >= 0.3 is 0 Å². The van der Waals surface area contributed by atoms with Gasteiger partial charge in [-0.15, -0.1) is 0 Å². The lowest BCUT2D eigenvalue weighted by Crippen LogP contribution is -2.48. The first-order valence-electron chi connectivity index (χ1n) is 7.00. The average molecular weight is 329 g/mol. The summed E-state index contributed by atoms with van der Waals surface area (Å²) in [5, 5.41) is 0. The number of halogens is 2. The molecule has 1 atom stereocenters. The molecule has 0 saturated carbocycles. The Morgan fingerprint density at radius 3 is 2.53 bits per heavy atom. The van der Waals surface area contributed by atoms with Gasteiger partial charge in [-0.1, -0.05) is 13.0 Å². The second-order valence-corrected chi connectivity index (χ2v) is 6.17. The highest BCUT2D eigenvalue weighted by Crippen LogP contribution is 2.19. The molecule has 0 spiro atoms. The molecule has 1 saturated heterocycles. The summed E-state index contributed by atoms with van der Waals surface area (Å²) in [6.07, 6.45) is 1.21. The fourth-order valence-corrected chi connectivity index (χ4v) is 2.94. The third kappa shape index (κ3) is 4.01. The van der Waals surface area contributed by atoms with Crippen LogP contribution in [-0.4, -0.2) is 42.0 Å². The van der Waals surface area contributed by atoms with Gasteiger partial charge in [0.1, 0.15) is 5.82 Å². The molecule has 0 bridgehead atoms. The molecule has 0 aliphatic carbocycles. The average Bonchev–Trinajstić information content (AvgIpc) is 2.43. The summed E-state index contributed by atoms with van der Waals surface area (Å²) in [5.74, 6) is -0.190. The first kappa shape index (κ1) is 14.9. The van der Waals surface area contributed by atoms with E-state index in [0.717, 1.165) is 32.7 Å². The van der Waals surface area contributed by atoms with E-state index in [0.29, 0.717) is 10.5 Å². The Morgan fingerprint density at radius 1 is 1.26 bits per heavy atom. The number of hydrogen-bond donors (Lipinski definition) is 0. The third-order valence-electron chi connectivity index (χ3n) is 4.01. The van der Waals surface area contributed by atoms with Crippen LogP contribution in [0, 0.1) is 5.82 Å². The molecule has 2 rings (SSSR count). The van der Waals surface area contributed by atoms with Crippen molar-refractivity contribution in [3.8, 4) is 0 Å². The zero-order valence-electron chi connectivity index (χ0n) is 11.7. The number of nitrogens with zero attached hydrogens (tertiary/aromatic N) is 2. The number of hydrogen-bond acceptors (Lipinski definition) is 2. The molecule has 4 heteroatoms. The van der Waals surface area contributed by atoms with Crippen LogP contribution in [-0.2, 0) is 6.54 Å². The van der Waals surface area contributed by atoms with Crippen LogP contribution in [0.5, 0.6) is 0 Å². The van der Waals surface area contributed by atoms with Crippen LogP contribution < -0.4 is 0 Å². The summed E-state index contributed by atoms with van der Waals surface area (Å²) in [7, 11) is 0. The Kier molecular flexibility index (Phi) is 5.37. The van der Waals surface area contributed by atoms with Crippen LogP contribution in [0.4, 0.5) is 4.39 Å². The molecule has 1 aliphatic heterocycles. The van der Waals surface area contributed by atoms with Crippen molar-refractivity contribution in [1.82, 2.24) is 9.80 Å². The van der Waals surface area contributed by atoms with E-state index in [1.165, 1.54) is 18.1 Å². The van der Waals surface area contributed by atoms with E-state index in [9.17, 15) is 4.39 Å². The molecule has 0 radical (unpaired) electrons. The summed E-state index contributed by atoms with van der Waals surface area (Å²) < 4.78 is 13.7. The predicted octanol–water partition coefficient (Wildman–Crippen LogP) is 3.50. The minimum atomic E-state index is -0.190. The Labute approximate surface area is 123 Å². The molecule has 1 heterocycles. The minimum absolute atomic E-state index is 0.190. The molecule has 106 valence electrons. The van der Waals surface area contributed by atoms with Crippen molar-refractivity contribution in [3.05, 3.63) is 34.1 Å². The van der Waals surface area contributed by atoms with E-state index < -0.39 is 0 Å². The molecule has 1 aromatic carbocycles. The Bertz CT molecular complexity index is 417. The zero-order chi connectivity index (χ0) is 13.8. The summed E-state index contributed by atoms with van der Waals surface area (Å²) in [6.45, 7) is 9.92. The molecule has 1 unspecified atom stereocenters. The van der Waals surface area contributed by atoms with Crippen molar-refractivity contribution < 1.29 is 4.39 Å². The Morgan fingerprint density at radius 2 is 1.95 bits per heavy atom. The maximum atomic E-state index is 13.2. The van der Waals surface area contributed by atoms with E-state index >= 15 is 0 Å². The SMILES string of the molecule is CCC(C)N1CCN(Cc2ccc(F)c(Br)c2)CC1. The van der Waals surface area contributed by atoms with E-state index in [-0.39, 0.29) is 5.82 Å². The number of rotatable bonds is 4. The highest BCUT2D eigenvalue weighted by molar-refractivity contribution is 9.10. The Balaban J connectivity index is 1.87. The van der Waals surface area contributed by atoms with Crippen molar-refractivity contribution in [1.29, 1.82) is 0 Å². The standard InChI is InChI=1S/C15H22BrFN2/c1-3-12(2)19-8-6-18(7-9-19)11-13-4-5-15(17)14(16)10-13/h4-5,10,12H,3,6-9,11H2,1-2H3. The van der Waals surface area contributed by atoms with E-state index in [1.54, 1.807) is 0 Å². The summed E-state index contributed by atoms with van der Waals surface area (Å²) in [4.78, 5) is 5.00. The molecule has 1 aromatic rings. The fourth-order valence-electron chi connectivity index (χ4n) is 2.52. The van der Waals surface area contributed by atoms with Crippen molar-refractivity contribution in [2.75, 3.05) is 26.2 Å². The quantitative estimate of drug-likeness (QED) is 0.834. The highest BCUT2D eigenvalue weighted by atomic mass is 79.9. The molecule has 2 nitrogen and oxygen atoms in total. The van der Waals surface area contributed by atoms with Crippen LogP contribution in [0.1, 0.15) is 25.8 Å². The monoisotopic (exact) mass is 328 g/mol. The molecular weight excluding hydrogens is 307 g/mol. The van der Waals surface area contributed by atoms with Crippen LogP contribution in [0.3, 0.4) is 0 Å². The van der Waals surface area contributed by atoms with Gasteiger partial charge in [-0.05, 0) is 47.0 Å². The van der Waals surface area contributed by atoms with Crippen molar-refractivity contribution in [2.45, 2.75) is 32.9 Å². The van der Waals surface area contributed by atoms with Gasteiger partial charge in [-0.2, -0.15) is 0 Å². The van der Waals surface area contributed by atoms with Crippen LogP contribution >= 0.6 is 15.9 Å². The van der Waals surface area contributed by atoms with Gasteiger partial charge in [0, 0.05) is 38.8 Å². The molecule has 19 heavy (non-hydrogen) atoms. The van der Waals surface area contributed by atoms with Gasteiger partial charge in [0.25, 0.3) is 0 Å². The topological polar surface area (TPSA) is 6.48 Å². The zero-order valence-corrected chi connectivity index (χ0v) is 13.3. The second kappa shape index (κ2) is 6.82. The maximum absolute atomic E-state index is 13.2. The van der Waals surface area contributed by atoms with E-state index in [4.69, 9.17) is 0 Å². The fraction of sp³-hybridized carbons (Fsp3) is 0.600. The molecule has 0 aromatic heterocycles. The largest absolute Gasteiger partial charge is 0.298 e.